The minimum Gasteiger partial charge on any atom is -0.481 e. The second-order valence-electron chi connectivity index (χ2n) is 3.67. The van der Waals surface area contributed by atoms with Gasteiger partial charge in [-0.05, 0) is 19.1 Å². The number of carboxylic acid groups (broad SMARTS) is 1. The third-order valence-electron chi connectivity index (χ3n) is 2.55. The molecule has 0 fully saturated rings. The summed E-state index contributed by atoms with van der Waals surface area (Å²) < 4.78 is 1.87. The molecule has 0 spiro atoms. The zero-order valence-corrected chi connectivity index (χ0v) is 8.97. The lowest BCUT2D eigenvalue weighted by Gasteiger charge is -2.04. The number of para-hydroxylation sites is 1. The third kappa shape index (κ3) is 1.71. The number of nitrogens with two attached hydrogens (primary N) is 1. The van der Waals surface area contributed by atoms with Crippen molar-refractivity contribution in [3.05, 3.63) is 24.0 Å². The summed E-state index contributed by atoms with van der Waals surface area (Å²) in [5.74, 6) is -0.0284. The van der Waals surface area contributed by atoms with E-state index in [1.165, 1.54) is 0 Å². The highest BCUT2D eigenvalue weighted by atomic mass is 16.4. The van der Waals surface area contributed by atoms with Gasteiger partial charge in [0, 0.05) is 6.54 Å². The second-order valence-corrected chi connectivity index (χ2v) is 3.67. The van der Waals surface area contributed by atoms with Gasteiger partial charge in [0.15, 0.2) is 0 Å². The van der Waals surface area contributed by atoms with Crippen LogP contribution >= 0.6 is 0 Å². The van der Waals surface area contributed by atoms with Crippen molar-refractivity contribution in [3.8, 4) is 0 Å². The molecule has 0 radical (unpaired) electrons. The largest absolute Gasteiger partial charge is 0.481 e. The van der Waals surface area contributed by atoms with E-state index in [4.69, 9.17) is 10.8 Å². The monoisotopic (exact) mass is 219 g/mol. The Morgan fingerprint density at radius 1 is 1.56 bits per heavy atom. The number of nitrogen functional groups attached to an aromatic ring is 1. The smallest absolute Gasteiger partial charge is 0.305 e. The first-order valence-electron chi connectivity index (χ1n) is 5.02. The van der Waals surface area contributed by atoms with Gasteiger partial charge in [-0.15, -0.1) is 0 Å². The number of rotatable bonds is 3. The molecule has 0 aliphatic carbocycles. The van der Waals surface area contributed by atoms with E-state index in [9.17, 15) is 4.79 Å². The fraction of sp³-hybridized carbons (Fsp3) is 0.273. The van der Waals surface area contributed by atoms with Crippen LogP contribution < -0.4 is 5.73 Å². The molecule has 0 aliphatic heterocycles. The Morgan fingerprint density at radius 2 is 2.31 bits per heavy atom. The van der Waals surface area contributed by atoms with E-state index in [0.717, 1.165) is 16.9 Å². The predicted molar refractivity (Wildman–Crippen MR) is 61.1 cm³/mol. The SMILES string of the molecule is Cc1nc2c(N)cccc2n1CCC(=O)O. The van der Waals surface area contributed by atoms with E-state index >= 15 is 0 Å². The maximum absolute atomic E-state index is 10.6. The fourth-order valence-corrected chi connectivity index (χ4v) is 1.77. The summed E-state index contributed by atoms with van der Waals surface area (Å²) in [6.45, 7) is 2.27. The third-order valence-corrected chi connectivity index (χ3v) is 2.55. The van der Waals surface area contributed by atoms with Gasteiger partial charge in [0.2, 0.25) is 0 Å². The molecule has 0 unspecified atom stereocenters. The van der Waals surface area contributed by atoms with E-state index in [2.05, 4.69) is 4.98 Å². The molecule has 0 saturated heterocycles. The van der Waals surface area contributed by atoms with Crippen LogP contribution in [0.3, 0.4) is 0 Å². The second kappa shape index (κ2) is 3.84. The highest BCUT2D eigenvalue weighted by Crippen LogP contribution is 2.21. The number of nitrogens with zero attached hydrogens (tertiary/aromatic N) is 2. The lowest BCUT2D eigenvalue weighted by molar-refractivity contribution is -0.137. The number of anilines is 1. The Bertz CT molecular complexity index is 545. The Labute approximate surface area is 92.5 Å². The van der Waals surface area contributed by atoms with E-state index in [1.54, 1.807) is 6.07 Å². The predicted octanol–water partition coefficient (Wildman–Crippen LogP) is 1.40. The summed E-state index contributed by atoms with van der Waals surface area (Å²) >= 11 is 0. The van der Waals surface area contributed by atoms with Gasteiger partial charge in [0.25, 0.3) is 0 Å². The van der Waals surface area contributed by atoms with Crippen molar-refractivity contribution in [1.29, 1.82) is 0 Å². The standard InChI is InChI=1S/C11H13N3O2/c1-7-13-11-8(12)3-2-4-9(11)14(7)6-5-10(15)16/h2-4H,5-6,12H2,1H3,(H,15,16). The van der Waals surface area contributed by atoms with Crippen molar-refractivity contribution in [2.45, 2.75) is 19.9 Å². The molecule has 0 bridgehead atoms. The van der Waals surface area contributed by atoms with Crippen LogP contribution in [0.25, 0.3) is 11.0 Å². The molecular weight excluding hydrogens is 206 g/mol. The number of carbonyl (C=O) groups is 1. The van der Waals surface area contributed by atoms with E-state index in [0.29, 0.717) is 12.2 Å². The van der Waals surface area contributed by atoms with E-state index in [-0.39, 0.29) is 6.42 Å². The summed E-state index contributed by atoms with van der Waals surface area (Å²) in [7, 11) is 0. The number of benzene rings is 1. The number of aryl methyl sites for hydroxylation is 2. The van der Waals surface area contributed by atoms with Gasteiger partial charge >= 0.3 is 5.97 Å². The van der Waals surface area contributed by atoms with Crippen LogP contribution in [0.1, 0.15) is 12.2 Å². The highest BCUT2D eigenvalue weighted by molar-refractivity contribution is 5.87. The Hall–Kier alpha value is -2.04. The summed E-state index contributed by atoms with van der Waals surface area (Å²) in [4.78, 5) is 14.9. The van der Waals surface area contributed by atoms with Crippen molar-refractivity contribution in [2.24, 2.45) is 0 Å². The van der Waals surface area contributed by atoms with Crippen LogP contribution in [0, 0.1) is 6.92 Å². The summed E-state index contributed by atoms with van der Waals surface area (Å²) in [6, 6.07) is 5.53. The molecule has 0 atom stereocenters. The summed E-state index contributed by atoms with van der Waals surface area (Å²) in [6.07, 6.45) is 0.0844. The average Bonchev–Trinajstić information content (AvgIpc) is 2.53. The van der Waals surface area contributed by atoms with Crippen LogP contribution in [-0.4, -0.2) is 20.6 Å². The van der Waals surface area contributed by atoms with Crippen molar-refractivity contribution >= 4 is 22.7 Å². The molecule has 5 heteroatoms. The van der Waals surface area contributed by atoms with Crippen molar-refractivity contribution in [3.63, 3.8) is 0 Å². The van der Waals surface area contributed by atoms with Gasteiger partial charge in [0.05, 0.1) is 17.6 Å². The van der Waals surface area contributed by atoms with Gasteiger partial charge in [-0.2, -0.15) is 0 Å². The minimum atomic E-state index is -0.815. The zero-order valence-electron chi connectivity index (χ0n) is 8.97. The van der Waals surface area contributed by atoms with Crippen molar-refractivity contribution in [1.82, 2.24) is 9.55 Å². The number of hydrogen-bond acceptors (Lipinski definition) is 3. The molecule has 0 saturated carbocycles. The maximum atomic E-state index is 10.6. The molecule has 3 N–H and O–H groups in total. The molecule has 1 aromatic carbocycles. The van der Waals surface area contributed by atoms with Crippen LogP contribution in [0.5, 0.6) is 0 Å². The molecule has 0 amide bonds. The van der Waals surface area contributed by atoms with Gasteiger partial charge in [-0.3, -0.25) is 4.79 Å². The molecule has 2 rings (SSSR count). The lowest BCUT2D eigenvalue weighted by atomic mass is 10.2. The van der Waals surface area contributed by atoms with E-state index < -0.39 is 5.97 Å². The quantitative estimate of drug-likeness (QED) is 0.764. The topological polar surface area (TPSA) is 81.1 Å². The molecule has 84 valence electrons. The normalized spacial score (nSPS) is 10.8. The molecule has 2 aromatic rings. The Morgan fingerprint density at radius 3 is 3.00 bits per heavy atom. The maximum Gasteiger partial charge on any atom is 0.305 e. The van der Waals surface area contributed by atoms with Gasteiger partial charge in [-0.25, -0.2) is 4.98 Å². The van der Waals surface area contributed by atoms with Crippen LogP contribution in [-0.2, 0) is 11.3 Å². The number of fused-ring (bicyclic) bond motifs is 1. The Kier molecular flexibility index (Phi) is 2.52. The van der Waals surface area contributed by atoms with E-state index in [1.807, 2.05) is 23.6 Å². The number of imidazole rings is 1. The number of aliphatic carboxylic acids is 1. The molecule has 1 heterocycles. The highest BCUT2D eigenvalue weighted by Gasteiger charge is 2.10. The zero-order chi connectivity index (χ0) is 11.7. The van der Waals surface area contributed by atoms with Gasteiger partial charge in [-0.1, -0.05) is 6.07 Å². The van der Waals surface area contributed by atoms with Crippen LogP contribution in [0.2, 0.25) is 0 Å². The lowest BCUT2D eigenvalue weighted by Crippen LogP contribution is -2.05. The van der Waals surface area contributed by atoms with Crippen LogP contribution in [0.4, 0.5) is 5.69 Å². The fourth-order valence-electron chi connectivity index (χ4n) is 1.77. The van der Waals surface area contributed by atoms with Crippen molar-refractivity contribution < 1.29 is 9.90 Å². The van der Waals surface area contributed by atoms with Crippen LogP contribution in [0.15, 0.2) is 18.2 Å². The number of hydrogen-bond donors (Lipinski definition) is 2. The summed E-state index contributed by atoms with van der Waals surface area (Å²) in [5, 5.41) is 8.67. The molecular formula is C11H13N3O2. The molecule has 16 heavy (non-hydrogen) atoms. The minimum absolute atomic E-state index is 0.0844. The number of carboxylic acids is 1. The first kappa shape index (κ1) is 10.5. The average molecular weight is 219 g/mol. The van der Waals surface area contributed by atoms with Gasteiger partial charge < -0.3 is 15.4 Å². The Balaban J connectivity index is 2.48. The summed E-state index contributed by atoms with van der Waals surface area (Å²) in [5.41, 5.74) is 8.05. The molecule has 0 aliphatic rings. The molecule has 1 aromatic heterocycles. The molecule has 5 nitrogen and oxygen atoms in total. The number of aromatic nitrogens is 2. The first-order chi connectivity index (χ1) is 7.59. The van der Waals surface area contributed by atoms with Crippen molar-refractivity contribution in [2.75, 3.05) is 5.73 Å². The first-order valence-corrected chi connectivity index (χ1v) is 5.02. The van der Waals surface area contributed by atoms with Gasteiger partial charge in [0.1, 0.15) is 11.3 Å².